The van der Waals surface area contributed by atoms with E-state index in [4.69, 9.17) is 23.2 Å². The van der Waals surface area contributed by atoms with Crippen LogP contribution in [0.3, 0.4) is 0 Å². The van der Waals surface area contributed by atoms with Crippen molar-refractivity contribution in [2.75, 3.05) is 12.4 Å². The van der Waals surface area contributed by atoms with Crippen LogP contribution < -0.4 is 5.32 Å². The average Bonchev–Trinajstić information content (AvgIpc) is 3.30. The molecule has 0 radical (unpaired) electrons. The molecule has 1 unspecified atom stereocenters. The molecule has 6 heteroatoms. The number of aromatic amines is 1. The quantitative estimate of drug-likeness (QED) is 0.418. The summed E-state index contributed by atoms with van der Waals surface area (Å²) in [5, 5.41) is 10.5. The van der Waals surface area contributed by atoms with Gasteiger partial charge < -0.3 is 5.32 Å². The first-order valence-corrected chi connectivity index (χ1v) is 10.4. The van der Waals surface area contributed by atoms with Crippen molar-refractivity contribution in [3.63, 3.8) is 0 Å². The molecule has 1 aliphatic rings. The molecule has 1 amide bonds. The van der Waals surface area contributed by atoms with E-state index in [1.807, 2.05) is 30.3 Å². The van der Waals surface area contributed by atoms with Crippen LogP contribution >= 0.6 is 23.2 Å². The number of fused-ring (bicyclic) bond motifs is 3. The summed E-state index contributed by atoms with van der Waals surface area (Å²) < 4.78 is 0. The number of hydrogen-bond acceptors (Lipinski definition) is 2. The fourth-order valence-corrected chi connectivity index (χ4v) is 3.98. The molecule has 2 N–H and O–H groups in total. The Morgan fingerprint density at radius 1 is 1.18 bits per heavy atom. The Morgan fingerprint density at radius 3 is 2.75 bits per heavy atom. The molecule has 1 aromatic heterocycles. The molecule has 2 aromatic carbocycles. The van der Waals surface area contributed by atoms with Gasteiger partial charge in [0, 0.05) is 41.1 Å². The molecule has 28 heavy (non-hydrogen) atoms. The minimum absolute atomic E-state index is 0.102. The van der Waals surface area contributed by atoms with Crippen molar-refractivity contribution < 1.29 is 4.79 Å². The van der Waals surface area contributed by atoms with E-state index in [1.54, 1.807) is 0 Å². The summed E-state index contributed by atoms with van der Waals surface area (Å²) in [5.74, 6) is 0.461. The number of benzene rings is 2. The maximum atomic E-state index is 12.3. The molecule has 144 valence electrons. The van der Waals surface area contributed by atoms with Gasteiger partial charge in [-0.15, -0.1) is 23.2 Å². The Hall–Kier alpha value is -2.30. The van der Waals surface area contributed by atoms with E-state index in [2.05, 4.69) is 33.7 Å². The van der Waals surface area contributed by atoms with E-state index >= 15 is 0 Å². The third kappa shape index (κ3) is 3.80. The van der Waals surface area contributed by atoms with Crippen LogP contribution in [0.4, 0.5) is 0 Å². The number of halogens is 2. The van der Waals surface area contributed by atoms with Gasteiger partial charge in [-0.3, -0.25) is 9.89 Å². The summed E-state index contributed by atoms with van der Waals surface area (Å²) in [6, 6.07) is 15.9. The maximum absolute atomic E-state index is 12.3. The Kier molecular flexibility index (Phi) is 5.69. The van der Waals surface area contributed by atoms with Gasteiger partial charge >= 0.3 is 0 Å². The number of carbonyl (C=O) groups is 1. The zero-order valence-corrected chi connectivity index (χ0v) is 16.9. The molecule has 1 heterocycles. The highest BCUT2D eigenvalue weighted by molar-refractivity contribution is 6.21. The summed E-state index contributed by atoms with van der Waals surface area (Å²) in [6.45, 7) is 0.435. The largest absolute Gasteiger partial charge is 0.351 e. The predicted octanol–water partition coefficient (Wildman–Crippen LogP) is 5.00. The Labute approximate surface area is 174 Å². The molecule has 0 saturated carbocycles. The molecule has 0 bridgehead atoms. The summed E-state index contributed by atoms with van der Waals surface area (Å²) >= 11 is 11.9. The summed E-state index contributed by atoms with van der Waals surface area (Å²) in [7, 11) is 0. The number of alkyl halides is 2. The van der Waals surface area contributed by atoms with Crippen molar-refractivity contribution >= 4 is 29.1 Å². The summed E-state index contributed by atoms with van der Waals surface area (Å²) in [6.07, 6.45) is 2.51. The Bertz CT molecular complexity index is 982. The highest BCUT2D eigenvalue weighted by atomic mass is 35.5. The first kappa shape index (κ1) is 19.0. The zero-order chi connectivity index (χ0) is 19.5. The fraction of sp³-hybridized carbons (Fsp3) is 0.273. The van der Waals surface area contributed by atoms with E-state index in [1.165, 1.54) is 16.7 Å². The third-order valence-electron chi connectivity index (χ3n) is 5.08. The molecule has 4 nitrogen and oxygen atoms in total. The van der Waals surface area contributed by atoms with Crippen LogP contribution in [0.1, 0.15) is 34.3 Å². The minimum atomic E-state index is -0.122. The van der Waals surface area contributed by atoms with Gasteiger partial charge in [-0.05, 0) is 30.5 Å². The number of hydrogen-bond donors (Lipinski definition) is 2. The van der Waals surface area contributed by atoms with E-state index in [0.717, 1.165) is 36.2 Å². The van der Waals surface area contributed by atoms with E-state index in [-0.39, 0.29) is 11.3 Å². The molecular formula is C22H21Cl2N3O. The third-order valence-corrected chi connectivity index (χ3v) is 5.72. The number of rotatable bonds is 7. The van der Waals surface area contributed by atoms with Crippen molar-refractivity contribution in [3.8, 4) is 22.5 Å². The van der Waals surface area contributed by atoms with Gasteiger partial charge in [0.15, 0.2) is 0 Å². The highest BCUT2D eigenvalue weighted by Gasteiger charge is 2.24. The van der Waals surface area contributed by atoms with Gasteiger partial charge in [-0.2, -0.15) is 5.10 Å². The standard InChI is InChI=1S/C22H21Cl2N3O/c23-11-3-5-17(24)13-25-22(28)15-9-7-14(8-10-15)20-19-12-16-4-1-2-6-18(16)21(19)27-26-20/h1-2,4,6-10,17H,3,5,11-13H2,(H,25,28)(H,26,27). The van der Waals surface area contributed by atoms with Crippen LogP contribution in [-0.4, -0.2) is 33.9 Å². The van der Waals surface area contributed by atoms with Gasteiger partial charge in [0.05, 0.1) is 16.8 Å². The van der Waals surface area contributed by atoms with Gasteiger partial charge in [-0.1, -0.05) is 36.4 Å². The maximum Gasteiger partial charge on any atom is 0.251 e. The average molecular weight is 414 g/mol. The van der Waals surface area contributed by atoms with E-state index in [9.17, 15) is 4.79 Å². The molecule has 0 spiro atoms. The van der Waals surface area contributed by atoms with Crippen molar-refractivity contribution in [1.29, 1.82) is 0 Å². The topological polar surface area (TPSA) is 57.8 Å². The predicted molar refractivity (Wildman–Crippen MR) is 114 cm³/mol. The lowest BCUT2D eigenvalue weighted by atomic mass is 10.0. The fourth-order valence-electron chi connectivity index (χ4n) is 3.59. The Morgan fingerprint density at radius 2 is 1.96 bits per heavy atom. The molecule has 0 fully saturated rings. The van der Waals surface area contributed by atoms with Crippen molar-refractivity contribution in [1.82, 2.24) is 15.5 Å². The molecule has 3 aromatic rings. The van der Waals surface area contributed by atoms with Crippen molar-refractivity contribution in [2.24, 2.45) is 0 Å². The van der Waals surface area contributed by atoms with Gasteiger partial charge in [-0.25, -0.2) is 0 Å². The number of carbonyl (C=O) groups excluding carboxylic acids is 1. The minimum Gasteiger partial charge on any atom is -0.351 e. The first-order chi connectivity index (χ1) is 13.7. The zero-order valence-electron chi connectivity index (χ0n) is 15.3. The van der Waals surface area contributed by atoms with Crippen molar-refractivity contribution in [3.05, 3.63) is 65.2 Å². The molecule has 0 saturated heterocycles. The number of aromatic nitrogens is 2. The normalized spacial score (nSPS) is 13.1. The van der Waals surface area contributed by atoms with Crippen molar-refractivity contribution in [2.45, 2.75) is 24.6 Å². The SMILES string of the molecule is O=C(NCC(Cl)CCCCl)c1ccc(-c2n[nH]c3c2Cc2ccccc2-3)cc1. The van der Waals surface area contributed by atoms with Crippen LogP contribution in [-0.2, 0) is 6.42 Å². The number of amides is 1. The number of nitrogens with zero attached hydrogens (tertiary/aromatic N) is 1. The number of H-pyrrole nitrogens is 1. The smallest absolute Gasteiger partial charge is 0.251 e. The van der Waals surface area contributed by atoms with Gasteiger partial charge in [0.2, 0.25) is 0 Å². The molecular weight excluding hydrogens is 393 g/mol. The lowest BCUT2D eigenvalue weighted by Gasteiger charge is -2.10. The van der Waals surface area contributed by atoms with Crippen LogP contribution in [0.5, 0.6) is 0 Å². The van der Waals surface area contributed by atoms with Gasteiger partial charge in [0.1, 0.15) is 0 Å². The van der Waals surface area contributed by atoms with Gasteiger partial charge in [0.25, 0.3) is 5.91 Å². The van der Waals surface area contributed by atoms with Crippen LogP contribution in [0, 0.1) is 0 Å². The molecule has 1 atom stereocenters. The van der Waals surface area contributed by atoms with Crippen LogP contribution in [0.2, 0.25) is 0 Å². The monoisotopic (exact) mass is 413 g/mol. The van der Waals surface area contributed by atoms with Crippen LogP contribution in [0.25, 0.3) is 22.5 Å². The van der Waals surface area contributed by atoms with Crippen LogP contribution in [0.15, 0.2) is 48.5 Å². The summed E-state index contributed by atoms with van der Waals surface area (Å²) in [4.78, 5) is 12.3. The molecule has 0 aliphatic heterocycles. The second kappa shape index (κ2) is 8.38. The highest BCUT2D eigenvalue weighted by Crippen LogP contribution is 2.39. The lowest BCUT2D eigenvalue weighted by molar-refractivity contribution is 0.0953. The van der Waals surface area contributed by atoms with E-state index in [0.29, 0.717) is 18.0 Å². The second-order valence-corrected chi connectivity index (χ2v) is 7.97. The Balaban J connectivity index is 1.45. The van der Waals surface area contributed by atoms with E-state index < -0.39 is 0 Å². The molecule has 1 aliphatic carbocycles. The summed E-state index contributed by atoms with van der Waals surface area (Å²) in [5.41, 5.74) is 7.39. The lowest BCUT2D eigenvalue weighted by Crippen LogP contribution is -2.29. The first-order valence-electron chi connectivity index (χ1n) is 9.41. The second-order valence-electron chi connectivity index (χ2n) is 6.98. The molecule has 4 rings (SSSR count). The number of nitrogens with one attached hydrogen (secondary N) is 2.